The molecular weight excluding hydrogens is 240 g/mol. The number of hydrogen-bond acceptors (Lipinski definition) is 2. The summed E-state index contributed by atoms with van der Waals surface area (Å²) in [5.41, 5.74) is -1.09. The summed E-state index contributed by atoms with van der Waals surface area (Å²) in [4.78, 5) is 11.7. The predicted molar refractivity (Wildman–Crippen MR) is 73.7 cm³/mol. The molecule has 0 bridgehead atoms. The van der Waals surface area contributed by atoms with Gasteiger partial charge in [0.2, 0.25) is 0 Å². The van der Waals surface area contributed by atoms with E-state index in [2.05, 4.69) is 6.92 Å². The molecule has 1 saturated carbocycles. The van der Waals surface area contributed by atoms with Crippen molar-refractivity contribution in [3.05, 3.63) is 35.9 Å². The van der Waals surface area contributed by atoms with Crippen LogP contribution < -0.4 is 0 Å². The van der Waals surface area contributed by atoms with Crippen molar-refractivity contribution < 1.29 is 15.0 Å². The van der Waals surface area contributed by atoms with Crippen molar-refractivity contribution >= 4 is 5.97 Å². The molecule has 0 saturated heterocycles. The molecule has 3 unspecified atom stereocenters. The number of carbonyl (C=O) groups is 1. The topological polar surface area (TPSA) is 57.5 Å². The van der Waals surface area contributed by atoms with Gasteiger partial charge in [-0.15, -0.1) is 0 Å². The lowest BCUT2D eigenvalue weighted by molar-refractivity contribution is -0.153. The van der Waals surface area contributed by atoms with Crippen molar-refractivity contribution in [3.8, 4) is 0 Å². The summed E-state index contributed by atoms with van der Waals surface area (Å²) >= 11 is 0. The van der Waals surface area contributed by atoms with Gasteiger partial charge in [-0.3, -0.25) is 4.79 Å². The molecule has 2 rings (SSSR count). The van der Waals surface area contributed by atoms with Gasteiger partial charge in [0, 0.05) is 0 Å². The smallest absolute Gasteiger partial charge is 0.309 e. The van der Waals surface area contributed by atoms with Crippen LogP contribution >= 0.6 is 0 Å². The zero-order valence-corrected chi connectivity index (χ0v) is 11.6. The first-order chi connectivity index (χ1) is 8.86. The van der Waals surface area contributed by atoms with Crippen LogP contribution in [0.2, 0.25) is 0 Å². The molecule has 0 spiro atoms. The molecule has 0 aromatic heterocycles. The number of hydrogen-bond donors (Lipinski definition) is 2. The number of benzene rings is 1. The van der Waals surface area contributed by atoms with Crippen molar-refractivity contribution in [2.24, 2.45) is 11.3 Å². The van der Waals surface area contributed by atoms with Crippen LogP contribution in [0, 0.1) is 11.3 Å². The van der Waals surface area contributed by atoms with E-state index < -0.39 is 17.0 Å². The molecule has 1 aliphatic rings. The first-order valence-electron chi connectivity index (χ1n) is 6.87. The first kappa shape index (κ1) is 14.1. The van der Waals surface area contributed by atoms with Gasteiger partial charge in [0.05, 0.1) is 11.0 Å². The van der Waals surface area contributed by atoms with Crippen LogP contribution in [-0.4, -0.2) is 16.2 Å². The van der Waals surface area contributed by atoms with Gasteiger partial charge in [0.1, 0.15) is 0 Å². The fraction of sp³-hybridized carbons (Fsp3) is 0.562. The highest BCUT2D eigenvalue weighted by molar-refractivity contribution is 5.75. The lowest BCUT2D eigenvalue weighted by Gasteiger charge is -2.34. The van der Waals surface area contributed by atoms with E-state index in [4.69, 9.17) is 0 Å². The molecule has 1 aromatic carbocycles. The van der Waals surface area contributed by atoms with E-state index in [0.717, 1.165) is 12.0 Å². The Bertz CT molecular complexity index is 452. The molecule has 0 radical (unpaired) electrons. The van der Waals surface area contributed by atoms with Crippen LogP contribution in [0.3, 0.4) is 0 Å². The Labute approximate surface area is 114 Å². The Morgan fingerprint density at radius 1 is 1.42 bits per heavy atom. The van der Waals surface area contributed by atoms with Crippen LogP contribution in [0.4, 0.5) is 0 Å². The second kappa shape index (κ2) is 4.97. The number of aliphatic carboxylic acids is 1. The molecule has 1 aliphatic carbocycles. The van der Waals surface area contributed by atoms with Gasteiger partial charge < -0.3 is 10.2 Å². The predicted octanol–water partition coefficient (Wildman–Crippen LogP) is 3.18. The maximum absolute atomic E-state index is 11.7. The Morgan fingerprint density at radius 3 is 2.53 bits per heavy atom. The summed E-state index contributed by atoms with van der Waals surface area (Å²) in [5, 5.41) is 20.3. The summed E-state index contributed by atoms with van der Waals surface area (Å²) in [5.74, 6) is -0.351. The number of carboxylic acid groups (broad SMARTS) is 1. The van der Waals surface area contributed by atoms with E-state index in [9.17, 15) is 15.0 Å². The van der Waals surface area contributed by atoms with Gasteiger partial charge in [-0.1, -0.05) is 37.3 Å². The van der Waals surface area contributed by atoms with E-state index in [1.807, 2.05) is 30.3 Å². The van der Waals surface area contributed by atoms with Crippen molar-refractivity contribution in [1.82, 2.24) is 0 Å². The van der Waals surface area contributed by atoms with Crippen molar-refractivity contribution in [1.29, 1.82) is 0 Å². The zero-order valence-electron chi connectivity index (χ0n) is 11.6. The molecule has 0 aliphatic heterocycles. The fourth-order valence-corrected chi connectivity index (χ4v) is 3.38. The van der Waals surface area contributed by atoms with Crippen molar-refractivity contribution in [2.45, 2.75) is 45.1 Å². The summed E-state index contributed by atoms with van der Waals surface area (Å²) in [6.45, 7) is 3.80. The van der Waals surface area contributed by atoms with E-state index in [0.29, 0.717) is 18.8 Å². The van der Waals surface area contributed by atoms with Gasteiger partial charge in [-0.25, -0.2) is 0 Å². The second-order valence-electron chi connectivity index (χ2n) is 6.25. The molecule has 19 heavy (non-hydrogen) atoms. The molecule has 3 nitrogen and oxygen atoms in total. The number of carboxylic acids is 1. The molecular formula is C16H22O3. The van der Waals surface area contributed by atoms with Crippen LogP contribution in [-0.2, 0) is 10.4 Å². The van der Waals surface area contributed by atoms with Gasteiger partial charge in [0.25, 0.3) is 0 Å². The van der Waals surface area contributed by atoms with Gasteiger partial charge >= 0.3 is 5.97 Å². The number of aliphatic hydroxyl groups is 1. The highest BCUT2D eigenvalue weighted by Crippen LogP contribution is 2.48. The molecule has 3 atom stereocenters. The third kappa shape index (κ3) is 2.81. The standard InChI is InChI=1S/C16H22O3/c1-12-8-9-16(10-12,14(17)18)11-15(2,19)13-6-4-3-5-7-13/h3-7,12,19H,8-11H2,1-2H3,(H,17,18). The fourth-order valence-electron chi connectivity index (χ4n) is 3.38. The minimum Gasteiger partial charge on any atom is -0.481 e. The largest absolute Gasteiger partial charge is 0.481 e. The highest BCUT2D eigenvalue weighted by atomic mass is 16.4. The Kier molecular flexibility index (Phi) is 3.68. The second-order valence-corrected chi connectivity index (χ2v) is 6.25. The van der Waals surface area contributed by atoms with Gasteiger partial charge in [-0.2, -0.15) is 0 Å². The zero-order chi connectivity index (χ0) is 14.1. The van der Waals surface area contributed by atoms with Gasteiger partial charge in [-0.05, 0) is 44.1 Å². The van der Waals surface area contributed by atoms with E-state index in [1.165, 1.54) is 0 Å². The van der Waals surface area contributed by atoms with Crippen molar-refractivity contribution in [2.75, 3.05) is 0 Å². The maximum atomic E-state index is 11.7. The Hall–Kier alpha value is -1.35. The van der Waals surface area contributed by atoms with Crippen LogP contribution in [0.15, 0.2) is 30.3 Å². The third-order valence-electron chi connectivity index (χ3n) is 4.39. The van der Waals surface area contributed by atoms with E-state index >= 15 is 0 Å². The van der Waals surface area contributed by atoms with Crippen LogP contribution in [0.25, 0.3) is 0 Å². The minimum atomic E-state index is -1.09. The normalized spacial score (nSPS) is 29.9. The summed E-state index contributed by atoms with van der Waals surface area (Å²) < 4.78 is 0. The Morgan fingerprint density at radius 2 is 2.05 bits per heavy atom. The summed E-state index contributed by atoms with van der Waals surface area (Å²) in [6.07, 6.45) is 2.53. The summed E-state index contributed by atoms with van der Waals surface area (Å²) in [6, 6.07) is 9.34. The third-order valence-corrected chi connectivity index (χ3v) is 4.39. The average Bonchev–Trinajstić information content (AvgIpc) is 2.72. The molecule has 0 heterocycles. The molecule has 2 N–H and O–H groups in total. The van der Waals surface area contributed by atoms with E-state index in [1.54, 1.807) is 6.92 Å². The maximum Gasteiger partial charge on any atom is 0.309 e. The first-order valence-corrected chi connectivity index (χ1v) is 6.87. The molecule has 0 amide bonds. The van der Waals surface area contributed by atoms with Crippen LogP contribution in [0.1, 0.15) is 45.1 Å². The molecule has 1 fully saturated rings. The molecule has 1 aromatic rings. The monoisotopic (exact) mass is 262 g/mol. The lowest BCUT2D eigenvalue weighted by Crippen LogP contribution is -2.37. The average molecular weight is 262 g/mol. The molecule has 104 valence electrons. The minimum absolute atomic E-state index is 0.281. The summed E-state index contributed by atoms with van der Waals surface area (Å²) in [7, 11) is 0. The SMILES string of the molecule is CC1CCC(CC(C)(O)c2ccccc2)(C(=O)O)C1. The Balaban J connectivity index is 2.25. The quantitative estimate of drug-likeness (QED) is 0.876. The molecule has 3 heteroatoms. The van der Waals surface area contributed by atoms with Crippen LogP contribution in [0.5, 0.6) is 0 Å². The van der Waals surface area contributed by atoms with Gasteiger partial charge in [0.15, 0.2) is 0 Å². The highest BCUT2D eigenvalue weighted by Gasteiger charge is 2.48. The lowest BCUT2D eigenvalue weighted by atomic mass is 9.73. The van der Waals surface area contributed by atoms with Crippen molar-refractivity contribution in [3.63, 3.8) is 0 Å². The van der Waals surface area contributed by atoms with E-state index in [-0.39, 0.29) is 6.42 Å². The number of rotatable bonds is 4.